The van der Waals surface area contributed by atoms with Gasteiger partial charge in [0.05, 0.1) is 11.3 Å². The number of rotatable bonds is 8. The fourth-order valence-electron chi connectivity index (χ4n) is 6.78. The molecular formula is C36H38F3NO5. The molecule has 1 heterocycles. The summed E-state index contributed by atoms with van der Waals surface area (Å²) in [7, 11) is 0.808. The number of allylic oxidation sites excluding steroid dienone is 3. The molecule has 0 spiro atoms. The van der Waals surface area contributed by atoms with Gasteiger partial charge in [0.1, 0.15) is 6.10 Å². The number of H-pyrrole nitrogens is 1. The van der Waals surface area contributed by atoms with Crippen LogP contribution in [0.5, 0.6) is 0 Å². The summed E-state index contributed by atoms with van der Waals surface area (Å²) in [5, 5.41) is 0.615. The summed E-state index contributed by atoms with van der Waals surface area (Å²) in [6.07, 6.45) is -2.42. The van der Waals surface area contributed by atoms with Crippen LogP contribution in [-0.2, 0) is 31.1 Å². The molecule has 3 aromatic rings. The van der Waals surface area contributed by atoms with Crippen LogP contribution in [-0.4, -0.2) is 41.9 Å². The van der Waals surface area contributed by atoms with Crippen LogP contribution in [0.3, 0.4) is 0 Å². The Morgan fingerprint density at radius 1 is 1.04 bits per heavy atom. The van der Waals surface area contributed by atoms with E-state index in [2.05, 4.69) is 25.8 Å². The van der Waals surface area contributed by atoms with Gasteiger partial charge in [0.2, 0.25) is 11.6 Å². The Hall–Kier alpha value is -3.98. The summed E-state index contributed by atoms with van der Waals surface area (Å²) in [6.45, 7) is 9.67. The Balaban J connectivity index is 1.46. The van der Waals surface area contributed by atoms with Gasteiger partial charge in [-0.2, -0.15) is 13.2 Å². The molecule has 0 aliphatic heterocycles. The number of halogens is 3. The molecule has 2 aliphatic carbocycles. The smallest absolute Gasteiger partial charge is 0.432 e. The Kier molecular flexibility index (Phi) is 8.46. The fraction of sp³-hybridized carbons (Fsp3) is 0.417. The topological polar surface area (TPSA) is 85.5 Å². The van der Waals surface area contributed by atoms with Gasteiger partial charge in [-0.3, -0.25) is 9.59 Å². The van der Waals surface area contributed by atoms with E-state index in [-0.39, 0.29) is 23.0 Å². The maximum atomic E-state index is 14.4. The third-order valence-corrected chi connectivity index (χ3v) is 9.23. The molecule has 0 radical (unpaired) electrons. The van der Waals surface area contributed by atoms with Crippen molar-refractivity contribution in [3.8, 4) is 0 Å². The SMILES string of the molecule is CO[C@](C(=O)O[C@H](C)CC1=C(C)C(=O)C(=O)c2c1[nH]c1ccc(CC3=C(C)CC(C)(C)CC3)cc21)(c1ccccc1)C(F)(F)F. The van der Waals surface area contributed by atoms with Crippen LogP contribution < -0.4 is 0 Å². The summed E-state index contributed by atoms with van der Waals surface area (Å²) in [4.78, 5) is 43.0. The fourth-order valence-corrected chi connectivity index (χ4v) is 6.78. The molecule has 9 heteroatoms. The first-order chi connectivity index (χ1) is 21.1. The van der Waals surface area contributed by atoms with Gasteiger partial charge in [-0.25, -0.2) is 4.79 Å². The second kappa shape index (κ2) is 11.7. The van der Waals surface area contributed by atoms with Gasteiger partial charge in [-0.1, -0.05) is 61.4 Å². The maximum absolute atomic E-state index is 14.4. The second-order valence-electron chi connectivity index (χ2n) is 13.1. The minimum Gasteiger partial charge on any atom is -0.460 e. The lowest BCUT2D eigenvalue weighted by Crippen LogP contribution is -2.52. The molecule has 2 aromatic carbocycles. The molecule has 6 nitrogen and oxygen atoms in total. The number of methoxy groups -OCH3 is 1. The molecule has 1 aromatic heterocycles. The number of fused-ring (bicyclic) bond motifs is 3. The zero-order chi connectivity index (χ0) is 32.9. The lowest BCUT2D eigenvalue weighted by atomic mass is 9.73. The summed E-state index contributed by atoms with van der Waals surface area (Å²) in [5.74, 6) is -2.96. The van der Waals surface area contributed by atoms with Crippen LogP contribution in [0.1, 0.15) is 87.5 Å². The van der Waals surface area contributed by atoms with Crippen molar-refractivity contribution in [2.45, 2.75) is 84.6 Å². The van der Waals surface area contributed by atoms with Crippen LogP contribution in [0.15, 0.2) is 65.3 Å². The van der Waals surface area contributed by atoms with Gasteiger partial charge in [0.15, 0.2) is 0 Å². The highest BCUT2D eigenvalue weighted by atomic mass is 19.4. The number of nitrogens with one attached hydrogen (secondary N) is 1. The molecule has 2 atom stereocenters. The molecule has 238 valence electrons. The van der Waals surface area contributed by atoms with Crippen LogP contribution >= 0.6 is 0 Å². The lowest BCUT2D eigenvalue weighted by molar-refractivity contribution is -0.277. The van der Waals surface area contributed by atoms with Crippen LogP contribution in [0.4, 0.5) is 13.2 Å². The standard InChI is InChI=1S/C36H38F3NO5/c1-20-19-34(4,5)15-14-24(20)17-23-12-13-28-27(18-23)29-30(40-28)26(22(3)31(41)32(29)42)16-21(2)45-33(43)35(44-6,36(37,38)39)25-10-8-7-9-11-25/h7-13,18,21,40H,14-17,19H2,1-6H3/t21-,35+/m1/s1. The Morgan fingerprint density at radius 2 is 1.73 bits per heavy atom. The van der Waals surface area contributed by atoms with Crippen molar-refractivity contribution in [1.29, 1.82) is 0 Å². The highest BCUT2D eigenvalue weighted by Gasteiger charge is 2.64. The molecule has 5 rings (SSSR count). The van der Waals surface area contributed by atoms with Crippen molar-refractivity contribution in [3.63, 3.8) is 0 Å². The average molecular weight is 622 g/mol. The molecule has 0 saturated heterocycles. The molecule has 0 amide bonds. The zero-order valence-electron chi connectivity index (χ0n) is 26.4. The van der Waals surface area contributed by atoms with Crippen molar-refractivity contribution >= 4 is 34.0 Å². The Morgan fingerprint density at radius 3 is 2.36 bits per heavy atom. The first-order valence-electron chi connectivity index (χ1n) is 15.1. The van der Waals surface area contributed by atoms with E-state index in [1.165, 1.54) is 43.2 Å². The molecule has 0 saturated carbocycles. The number of carbonyl (C=O) groups excluding carboxylic acids is 3. The number of ketones is 2. The highest BCUT2D eigenvalue weighted by Crippen LogP contribution is 2.44. The number of carbonyl (C=O) groups is 3. The van der Waals surface area contributed by atoms with E-state index in [0.29, 0.717) is 22.2 Å². The van der Waals surface area contributed by atoms with E-state index in [9.17, 15) is 27.6 Å². The van der Waals surface area contributed by atoms with Crippen LogP contribution in [0.2, 0.25) is 0 Å². The number of ether oxygens (including phenoxy) is 2. The largest absolute Gasteiger partial charge is 0.460 e. The molecule has 2 aliphatic rings. The van der Waals surface area contributed by atoms with Crippen molar-refractivity contribution in [3.05, 3.63) is 87.6 Å². The number of benzene rings is 2. The Labute approximate surface area is 260 Å². The monoisotopic (exact) mass is 621 g/mol. The molecule has 45 heavy (non-hydrogen) atoms. The average Bonchev–Trinajstić information content (AvgIpc) is 3.34. The van der Waals surface area contributed by atoms with Gasteiger partial charge in [-0.15, -0.1) is 0 Å². The summed E-state index contributed by atoms with van der Waals surface area (Å²) < 4.78 is 53.4. The summed E-state index contributed by atoms with van der Waals surface area (Å²) >= 11 is 0. The minimum absolute atomic E-state index is 0.0996. The predicted octanol–water partition coefficient (Wildman–Crippen LogP) is 8.20. The van der Waals surface area contributed by atoms with Gasteiger partial charge < -0.3 is 14.5 Å². The number of aromatic nitrogens is 1. The van der Waals surface area contributed by atoms with Gasteiger partial charge in [-0.05, 0) is 75.1 Å². The zero-order valence-corrected chi connectivity index (χ0v) is 26.4. The van der Waals surface area contributed by atoms with Crippen LogP contribution in [0, 0.1) is 5.41 Å². The van der Waals surface area contributed by atoms with E-state index in [1.807, 2.05) is 18.2 Å². The first kappa shape index (κ1) is 32.4. The number of alkyl halides is 3. The summed E-state index contributed by atoms with van der Waals surface area (Å²) in [5.41, 5.74) is 2.19. The van der Waals surface area contributed by atoms with E-state index < -0.39 is 41.0 Å². The lowest BCUT2D eigenvalue weighted by Gasteiger charge is -2.33. The van der Waals surface area contributed by atoms with Gasteiger partial charge in [0.25, 0.3) is 5.60 Å². The van der Waals surface area contributed by atoms with Crippen molar-refractivity contribution in [2.75, 3.05) is 7.11 Å². The molecule has 1 N–H and O–H groups in total. The third kappa shape index (κ3) is 5.78. The predicted molar refractivity (Wildman–Crippen MR) is 166 cm³/mol. The molecule has 0 bridgehead atoms. The summed E-state index contributed by atoms with van der Waals surface area (Å²) in [6, 6.07) is 12.4. The van der Waals surface area contributed by atoms with Gasteiger partial charge in [0, 0.05) is 35.6 Å². The highest BCUT2D eigenvalue weighted by molar-refractivity contribution is 6.54. The molecular weight excluding hydrogens is 583 g/mol. The number of aromatic amines is 1. The normalized spacial score (nSPS) is 19.0. The van der Waals surface area contributed by atoms with Crippen molar-refractivity contribution in [1.82, 2.24) is 4.98 Å². The number of hydrogen-bond acceptors (Lipinski definition) is 5. The second-order valence-corrected chi connectivity index (χ2v) is 13.1. The number of Topliss-reactive ketones (excluding diaryl/α,β-unsaturated/α-hetero) is 2. The van der Waals surface area contributed by atoms with E-state index in [4.69, 9.17) is 9.47 Å². The van der Waals surface area contributed by atoms with Crippen molar-refractivity contribution < 1.29 is 37.0 Å². The molecule has 0 unspecified atom stereocenters. The van der Waals surface area contributed by atoms with Gasteiger partial charge >= 0.3 is 12.1 Å². The minimum atomic E-state index is -5.12. The first-order valence-corrected chi connectivity index (χ1v) is 15.1. The maximum Gasteiger partial charge on any atom is 0.432 e. The third-order valence-electron chi connectivity index (χ3n) is 9.23. The molecule has 0 fully saturated rings. The van der Waals surface area contributed by atoms with E-state index in [1.54, 1.807) is 0 Å². The van der Waals surface area contributed by atoms with E-state index >= 15 is 0 Å². The Bertz CT molecular complexity index is 1750. The number of esters is 1. The van der Waals surface area contributed by atoms with Crippen molar-refractivity contribution in [2.24, 2.45) is 5.41 Å². The van der Waals surface area contributed by atoms with Crippen LogP contribution in [0.25, 0.3) is 16.5 Å². The quantitative estimate of drug-likeness (QED) is 0.156. The number of hydrogen-bond donors (Lipinski definition) is 1. The van der Waals surface area contributed by atoms with E-state index in [0.717, 1.165) is 50.5 Å².